The number of hydrogen-bond acceptors (Lipinski definition) is 1. The fourth-order valence-electron chi connectivity index (χ4n) is 2.63. The van der Waals surface area contributed by atoms with Crippen molar-refractivity contribution in [1.82, 2.24) is 0 Å². The van der Waals surface area contributed by atoms with E-state index in [-0.39, 0.29) is 11.9 Å². The van der Waals surface area contributed by atoms with Gasteiger partial charge in [0.2, 0.25) is 0 Å². The van der Waals surface area contributed by atoms with Crippen LogP contribution in [0.4, 0.5) is 4.39 Å². The van der Waals surface area contributed by atoms with E-state index in [4.69, 9.17) is 0 Å². The maximum atomic E-state index is 13.2. The average Bonchev–Trinajstić information content (AvgIpc) is 2.48. The van der Waals surface area contributed by atoms with E-state index in [1.165, 1.54) is 12.5 Å². The van der Waals surface area contributed by atoms with E-state index >= 15 is 0 Å². The minimum absolute atomic E-state index is 0.171. The van der Waals surface area contributed by atoms with Gasteiger partial charge in [-0.3, -0.25) is 0 Å². The molecule has 0 bridgehead atoms. The molecular weight excluding hydrogens is 283 g/mol. The Morgan fingerprint density at radius 3 is 2.88 bits per heavy atom. The van der Waals surface area contributed by atoms with Crippen LogP contribution in [0.1, 0.15) is 37.7 Å². The van der Waals surface area contributed by atoms with Gasteiger partial charge in [-0.05, 0) is 48.9 Å². The zero-order valence-corrected chi connectivity index (χ0v) is 11.4. The second-order valence-corrected chi connectivity index (χ2v) is 5.83. The van der Waals surface area contributed by atoms with Crippen LogP contribution in [0.15, 0.2) is 22.7 Å². The molecule has 2 unspecified atom stereocenters. The monoisotopic (exact) mass is 300 g/mol. The van der Waals surface area contributed by atoms with Crippen molar-refractivity contribution in [1.29, 1.82) is 0 Å². The largest absolute Gasteiger partial charge is 0.393 e. The minimum atomic E-state index is -0.183. The SMILES string of the molecule is OC1CCCCC(Cc2cc(F)ccc2Br)C1. The summed E-state index contributed by atoms with van der Waals surface area (Å²) >= 11 is 3.46. The van der Waals surface area contributed by atoms with Gasteiger partial charge in [-0.2, -0.15) is 0 Å². The average molecular weight is 301 g/mol. The molecule has 1 fully saturated rings. The molecule has 1 aromatic carbocycles. The molecule has 0 radical (unpaired) electrons. The van der Waals surface area contributed by atoms with Crippen LogP contribution < -0.4 is 0 Å². The zero-order chi connectivity index (χ0) is 12.3. The third-order valence-corrected chi connectivity index (χ3v) is 4.30. The van der Waals surface area contributed by atoms with Gasteiger partial charge >= 0.3 is 0 Å². The molecule has 0 saturated heterocycles. The summed E-state index contributed by atoms with van der Waals surface area (Å²) in [6.45, 7) is 0. The lowest BCUT2D eigenvalue weighted by Gasteiger charge is -2.17. The fraction of sp³-hybridized carbons (Fsp3) is 0.571. The number of aliphatic hydroxyl groups excluding tert-OH is 1. The lowest BCUT2D eigenvalue weighted by atomic mass is 9.92. The molecule has 1 nitrogen and oxygen atoms in total. The van der Waals surface area contributed by atoms with Gasteiger partial charge in [-0.1, -0.05) is 35.2 Å². The molecule has 17 heavy (non-hydrogen) atoms. The number of halogens is 2. The highest BCUT2D eigenvalue weighted by atomic mass is 79.9. The maximum absolute atomic E-state index is 13.2. The van der Waals surface area contributed by atoms with Gasteiger partial charge in [0.15, 0.2) is 0 Å². The molecule has 94 valence electrons. The molecule has 0 spiro atoms. The zero-order valence-electron chi connectivity index (χ0n) is 9.83. The van der Waals surface area contributed by atoms with Crippen LogP contribution in [0.25, 0.3) is 0 Å². The lowest BCUT2D eigenvalue weighted by molar-refractivity contribution is 0.141. The van der Waals surface area contributed by atoms with Crippen molar-refractivity contribution >= 4 is 15.9 Å². The van der Waals surface area contributed by atoms with Crippen LogP contribution in [0, 0.1) is 11.7 Å². The third kappa shape index (κ3) is 3.78. The van der Waals surface area contributed by atoms with Gasteiger partial charge in [0.25, 0.3) is 0 Å². The van der Waals surface area contributed by atoms with E-state index in [0.717, 1.165) is 42.1 Å². The Hall–Kier alpha value is -0.410. The maximum Gasteiger partial charge on any atom is 0.123 e. The number of hydrogen-bond donors (Lipinski definition) is 1. The Kier molecular flexibility index (Phi) is 4.57. The van der Waals surface area contributed by atoms with Crippen molar-refractivity contribution in [2.75, 3.05) is 0 Å². The smallest absolute Gasteiger partial charge is 0.123 e. The van der Waals surface area contributed by atoms with Crippen molar-refractivity contribution in [2.24, 2.45) is 5.92 Å². The number of aliphatic hydroxyl groups is 1. The highest BCUT2D eigenvalue weighted by molar-refractivity contribution is 9.10. The van der Waals surface area contributed by atoms with Gasteiger partial charge in [0.1, 0.15) is 5.82 Å². The Morgan fingerprint density at radius 2 is 2.06 bits per heavy atom. The van der Waals surface area contributed by atoms with Crippen molar-refractivity contribution in [2.45, 2.75) is 44.6 Å². The Morgan fingerprint density at radius 1 is 1.29 bits per heavy atom. The Labute approximate surface area is 110 Å². The van der Waals surface area contributed by atoms with E-state index in [9.17, 15) is 9.50 Å². The van der Waals surface area contributed by atoms with Crippen LogP contribution in [0.2, 0.25) is 0 Å². The topological polar surface area (TPSA) is 20.2 Å². The van der Waals surface area contributed by atoms with E-state index in [0.29, 0.717) is 5.92 Å². The predicted molar refractivity (Wildman–Crippen MR) is 70.4 cm³/mol. The molecule has 0 amide bonds. The van der Waals surface area contributed by atoms with E-state index in [1.807, 2.05) is 0 Å². The predicted octanol–water partition coefficient (Wildman–Crippen LogP) is 4.07. The summed E-state index contributed by atoms with van der Waals surface area (Å²) in [6.07, 6.45) is 5.88. The quantitative estimate of drug-likeness (QED) is 0.816. The van der Waals surface area contributed by atoms with Crippen LogP contribution >= 0.6 is 15.9 Å². The summed E-state index contributed by atoms with van der Waals surface area (Å²) in [7, 11) is 0. The van der Waals surface area contributed by atoms with Crippen molar-refractivity contribution in [3.63, 3.8) is 0 Å². The van der Waals surface area contributed by atoms with E-state index in [1.54, 1.807) is 12.1 Å². The van der Waals surface area contributed by atoms with Gasteiger partial charge in [0.05, 0.1) is 6.10 Å². The molecule has 0 heterocycles. The Balaban J connectivity index is 2.06. The summed E-state index contributed by atoms with van der Waals surface area (Å²) < 4.78 is 14.2. The molecule has 1 aromatic rings. The molecule has 1 N–H and O–H groups in total. The number of rotatable bonds is 2. The lowest BCUT2D eigenvalue weighted by Crippen LogP contribution is -2.12. The van der Waals surface area contributed by atoms with Gasteiger partial charge in [-0.15, -0.1) is 0 Å². The highest BCUT2D eigenvalue weighted by Crippen LogP contribution is 2.29. The van der Waals surface area contributed by atoms with E-state index in [2.05, 4.69) is 15.9 Å². The first-order chi connectivity index (χ1) is 8.15. The van der Waals surface area contributed by atoms with Crippen molar-refractivity contribution < 1.29 is 9.50 Å². The fourth-order valence-corrected chi connectivity index (χ4v) is 3.04. The summed E-state index contributed by atoms with van der Waals surface area (Å²) in [5.41, 5.74) is 1.02. The van der Waals surface area contributed by atoms with Crippen LogP contribution in [-0.2, 0) is 6.42 Å². The second-order valence-electron chi connectivity index (χ2n) is 4.98. The Bertz CT molecular complexity index is 380. The second kappa shape index (κ2) is 5.96. The molecule has 1 saturated carbocycles. The number of benzene rings is 1. The summed E-state index contributed by atoms with van der Waals surface area (Å²) in [5, 5.41) is 9.78. The summed E-state index contributed by atoms with van der Waals surface area (Å²) in [6, 6.07) is 4.83. The van der Waals surface area contributed by atoms with Gasteiger partial charge < -0.3 is 5.11 Å². The molecule has 0 aromatic heterocycles. The first-order valence-electron chi connectivity index (χ1n) is 6.27. The molecular formula is C14H18BrFO. The molecule has 1 aliphatic carbocycles. The first-order valence-corrected chi connectivity index (χ1v) is 7.06. The highest BCUT2D eigenvalue weighted by Gasteiger charge is 2.19. The van der Waals surface area contributed by atoms with Crippen LogP contribution in [0.5, 0.6) is 0 Å². The molecule has 1 aliphatic rings. The van der Waals surface area contributed by atoms with Gasteiger partial charge in [0, 0.05) is 4.47 Å². The van der Waals surface area contributed by atoms with Crippen LogP contribution in [-0.4, -0.2) is 11.2 Å². The van der Waals surface area contributed by atoms with Gasteiger partial charge in [-0.25, -0.2) is 4.39 Å². The van der Waals surface area contributed by atoms with Crippen LogP contribution in [0.3, 0.4) is 0 Å². The van der Waals surface area contributed by atoms with E-state index < -0.39 is 0 Å². The molecule has 2 rings (SSSR count). The first kappa shape index (κ1) is 13.0. The van der Waals surface area contributed by atoms with Crippen molar-refractivity contribution in [3.05, 3.63) is 34.1 Å². The van der Waals surface area contributed by atoms with Crippen molar-refractivity contribution in [3.8, 4) is 0 Å². The third-order valence-electron chi connectivity index (χ3n) is 3.52. The summed E-state index contributed by atoms with van der Waals surface area (Å²) in [5.74, 6) is 0.294. The molecule has 0 aliphatic heterocycles. The normalized spacial score (nSPS) is 25.6. The summed E-state index contributed by atoms with van der Waals surface area (Å²) in [4.78, 5) is 0. The molecule has 3 heteroatoms. The minimum Gasteiger partial charge on any atom is -0.393 e. The standard InChI is InChI=1S/C14H18BrFO/c15-14-6-5-12(16)9-11(14)7-10-3-1-2-4-13(17)8-10/h5-6,9-10,13,17H,1-4,7-8H2. The molecule has 2 atom stereocenters.